The van der Waals surface area contributed by atoms with Crippen LogP contribution in [0.2, 0.25) is 0 Å². The molecule has 0 spiro atoms. The molecule has 1 nitrogen and oxygen atoms in total. The van der Waals surface area contributed by atoms with Gasteiger partial charge in [0.15, 0.2) is 0 Å². The van der Waals surface area contributed by atoms with Gasteiger partial charge < -0.3 is 4.57 Å². The van der Waals surface area contributed by atoms with E-state index in [0.29, 0.717) is 0 Å². The summed E-state index contributed by atoms with van der Waals surface area (Å²) in [6.45, 7) is 9.55. The van der Waals surface area contributed by atoms with Crippen molar-refractivity contribution >= 4 is 32.6 Å². The predicted octanol–water partition coefficient (Wildman–Crippen LogP) is 12.2. The van der Waals surface area contributed by atoms with Crippen molar-refractivity contribution in [2.24, 2.45) is 0 Å². The van der Waals surface area contributed by atoms with Crippen LogP contribution in [0.4, 0.5) is 0 Å². The van der Waals surface area contributed by atoms with E-state index in [1.165, 1.54) is 93.9 Å². The molecule has 224 valence electrons. The Morgan fingerprint density at radius 3 is 1.98 bits per heavy atom. The minimum atomic E-state index is -0.130. The van der Waals surface area contributed by atoms with Crippen LogP contribution in [-0.4, -0.2) is 4.57 Å². The number of benzene rings is 7. The van der Waals surface area contributed by atoms with E-state index in [1.807, 2.05) is 0 Å². The molecule has 7 aromatic carbocycles. The van der Waals surface area contributed by atoms with E-state index in [4.69, 9.17) is 0 Å². The molecule has 0 aliphatic heterocycles. The average Bonchev–Trinajstić information content (AvgIpc) is 3.54. The van der Waals surface area contributed by atoms with E-state index in [-0.39, 0.29) is 10.8 Å². The normalized spacial score (nSPS) is 15.1. The summed E-state index contributed by atoms with van der Waals surface area (Å²) < 4.78 is 2.56. The summed E-state index contributed by atoms with van der Waals surface area (Å²) in [6.07, 6.45) is 0. The SMILES string of the molecule is CC1(C)c2cc(-c3ccccc3)ccc2-c2ccc(-n3c4ccccc4c4cc5cccc6c5c(c43)-c3ccccc3C6(C)C)cc21. The van der Waals surface area contributed by atoms with Crippen molar-refractivity contribution in [2.45, 2.75) is 38.5 Å². The lowest BCUT2D eigenvalue weighted by Crippen LogP contribution is -2.23. The second-order valence-electron chi connectivity index (χ2n) is 14.6. The maximum absolute atomic E-state index is 2.56. The highest BCUT2D eigenvalue weighted by atomic mass is 15.0. The third kappa shape index (κ3) is 3.44. The number of aromatic nitrogens is 1. The minimum Gasteiger partial charge on any atom is -0.309 e. The third-order valence-corrected chi connectivity index (χ3v) is 11.4. The smallest absolute Gasteiger partial charge is 0.0626 e. The first-order chi connectivity index (χ1) is 22.8. The van der Waals surface area contributed by atoms with Crippen molar-refractivity contribution in [3.63, 3.8) is 0 Å². The van der Waals surface area contributed by atoms with Gasteiger partial charge in [-0.15, -0.1) is 0 Å². The van der Waals surface area contributed by atoms with Gasteiger partial charge in [-0.05, 0) is 91.2 Å². The fourth-order valence-corrected chi connectivity index (χ4v) is 9.02. The minimum absolute atomic E-state index is 0.0877. The average molecular weight is 602 g/mol. The zero-order valence-electron chi connectivity index (χ0n) is 27.2. The van der Waals surface area contributed by atoms with Crippen molar-refractivity contribution in [1.29, 1.82) is 0 Å². The zero-order valence-corrected chi connectivity index (χ0v) is 27.2. The molecule has 0 radical (unpaired) electrons. The first-order valence-electron chi connectivity index (χ1n) is 16.8. The molecule has 1 heteroatoms. The second kappa shape index (κ2) is 9.11. The number of hydrogen-bond acceptors (Lipinski definition) is 0. The summed E-state index contributed by atoms with van der Waals surface area (Å²) in [4.78, 5) is 0. The molecule has 0 amide bonds. The molecule has 0 unspecified atom stereocenters. The molecule has 0 saturated carbocycles. The summed E-state index contributed by atoms with van der Waals surface area (Å²) in [5.74, 6) is 0. The summed E-state index contributed by atoms with van der Waals surface area (Å²) in [6, 6.07) is 52.4. The highest BCUT2D eigenvalue weighted by Gasteiger charge is 2.38. The van der Waals surface area contributed by atoms with E-state index < -0.39 is 0 Å². The number of rotatable bonds is 2. The van der Waals surface area contributed by atoms with Gasteiger partial charge in [-0.25, -0.2) is 0 Å². The Morgan fingerprint density at radius 1 is 0.447 bits per heavy atom. The Bertz CT molecular complexity index is 2610. The van der Waals surface area contributed by atoms with Gasteiger partial charge in [-0.1, -0.05) is 137 Å². The van der Waals surface area contributed by atoms with Gasteiger partial charge >= 0.3 is 0 Å². The Morgan fingerprint density at radius 2 is 1.13 bits per heavy atom. The van der Waals surface area contributed by atoms with Crippen molar-refractivity contribution in [3.8, 4) is 39.1 Å². The van der Waals surface area contributed by atoms with Gasteiger partial charge in [0.2, 0.25) is 0 Å². The molecule has 47 heavy (non-hydrogen) atoms. The first kappa shape index (κ1) is 26.8. The Balaban J connectivity index is 1.28. The predicted molar refractivity (Wildman–Crippen MR) is 199 cm³/mol. The first-order valence-corrected chi connectivity index (χ1v) is 16.8. The van der Waals surface area contributed by atoms with Gasteiger partial charge in [0.05, 0.1) is 11.0 Å². The molecule has 0 N–H and O–H groups in total. The molecule has 1 aromatic heterocycles. The van der Waals surface area contributed by atoms with Crippen LogP contribution in [0, 0.1) is 0 Å². The van der Waals surface area contributed by atoms with E-state index in [0.717, 1.165) is 0 Å². The second-order valence-corrected chi connectivity index (χ2v) is 14.6. The quantitative estimate of drug-likeness (QED) is 0.186. The van der Waals surface area contributed by atoms with Crippen LogP contribution in [0.15, 0.2) is 140 Å². The molecule has 0 fully saturated rings. The number of hydrogen-bond donors (Lipinski definition) is 0. The van der Waals surface area contributed by atoms with Crippen molar-refractivity contribution in [1.82, 2.24) is 4.57 Å². The van der Waals surface area contributed by atoms with E-state index in [2.05, 4.69) is 172 Å². The standard InChI is InChI=1S/C46H35N/c1-45(2)37-18-10-8-17-35(37)43-42-30(15-12-19-38(42)45)25-36-34-16-9-11-20-41(34)47(44(36)43)31-22-24-33-32-23-21-29(28-13-6-5-7-14-28)26-39(32)46(3,4)40(33)27-31/h5-27H,1-4H3. The molecule has 8 aromatic rings. The van der Waals surface area contributed by atoms with Crippen LogP contribution < -0.4 is 0 Å². The summed E-state index contributed by atoms with van der Waals surface area (Å²) in [5.41, 5.74) is 17.1. The van der Waals surface area contributed by atoms with Crippen molar-refractivity contribution in [2.75, 3.05) is 0 Å². The Hall–Kier alpha value is -5.40. The lowest BCUT2D eigenvalue weighted by molar-refractivity contribution is 0.645. The van der Waals surface area contributed by atoms with Crippen LogP contribution in [0.5, 0.6) is 0 Å². The highest BCUT2D eigenvalue weighted by Crippen LogP contribution is 2.54. The fraction of sp³-hybridized carbons (Fsp3) is 0.130. The van der Waals surface area contributed by atoms with Crippen molar-refractivity contribution < 1.29 is 0 Å². The zero-order chi connectivity index (χ0) is 31.7. The van der Waals surface area contributed by atoms with Gasteiger partial charge in [-0.3, -0.25) is 0 Å². The van der Waals surface area contributed by atoms with Gasteiger partial charge in [0.25, 0.3) is 0 Å². The van der Waals surface area contributed by atoms with Crippen LogP contribution in [0.1, 0.15) is 49.9 Å². The molecule has 0 saturated heterocycles. The van der Waals surface area contributed by atoms with Crippen LogP contribution in [0.3, 0.4) is 0 Å². The van der Waals surface area contributed by atoms with E-state index in [9.17, 15) is 0 Å². The van der Waals surface area contributed by atoms with E-state index >= 15 is 0 Å². The molecule has 1 heterocycles. The molecule has 10 rings (SSSR count). The number of fused-ring (bicyclic) bond motifs is 9. The van der Waals surface area contributed by atoms with Crippen molar-refractivity contribution in [3.05, 3.63) is 162 Å². The molecule has 2 aliphatic carbocycles. The van der Waals surface area contributed by atoms with Crippen LogP contribution >= 0.6 is 0 Å². The number of para-hydroxylation sites is 1. The lowest BCUT2D eigenvalue weighted by Gasteiger charge is -2.35. The fourth-order valence-electron chi connectivity index (χ4n) is 9.02. The summed E-state index contributed by atoms with van der Waals surface area (Å²) in [7, 11) is 0. The van der Waals surface area contributed by atoms with E-state index in [1.54, 1.807) is 0 Å². The maximum atomic E-state index is 2.56. The molecule has 2 aliphatic rings. The Labute approximate surface area is 275 Å². The molecule has 0 atom stereocenters. The lowest BCUT2D eigenvalue weighted by atomic mass is 9.68. The molecule has 0 bridgehead atoms. The Kier molecular flexibility index (Phi) is 5.19. The molecular formula is C46H35N. The summed E-state index contributed by atoms with van der Waals surface area (Å²) in [5, 5.41) is 5.31. The largest absolute Gasteiger partial charge is 0.309 e. The maximum Gasteiger partial charge on any atom is 0.0626 e. The highest BCUT2D eigenvalue weighted by molar-refractivity contribution is 6.23. The summed E-state index contributed by atoms with van der Waals surface area (Å²) >= 11 is 0. The van der Waals surface area contributed by atoms with Gasteiger partial charge in [0.1, 0.15) is 0 Å². The van der Waals surface area contributed by atoms with Gasteiger partial charge in [0, 0.05) is 32.9 Å². The number of nitrogens with zero attached hydrogens (tertiary/aromatic N) is 1. The van der Waals surface area contributed by atoms with Crippen LogP contribution in [-0.2, 0) is 10.8 Å². The topological polar surface area (TPSA) is 4.93 Å². The third-order valence-electron chi connectivity index (χ3n) is 11.4. The van der Waals surface area contributed by atoms with Crippen LogP contribution in [0.25, 0.3) is 71.6 Å². The molecular weight excluding hydrogens is 567 g/mol. The monoisotopic (exact) mass is 601 g/mol. The van der Waals surface area contributed by atoms with Gasteiger partial charge in [-0.2, -0.15) is 0 Å².